The molecule has 0 fully saturated rings. The van der Waals surface area contributed by atoms with Gasteiger partial charge in [-0.25, -0.2) is 0 Å². The summed E-state index contributed by atoms with van der Waals surface area (Å²) in [5, 5.41) is 9.17. The lowest BCUT2D eigenvalue weighted by molar-refractivity contribution is 1.32. The van der Waals surface area contributed by atoms with Gasteiger partial charge in [-0.1, -0.05) is 53.5 Å². The Morgan fingerprint density at radius 2 is 1.52 bits per heavy atom. The molecule has 25 heavy (non-hydrogen) atoms. The van der Waals surface area contributed by atoms with E-state index in [4.69, 9.17) is 23.2 Å². The van der Waals surface area contributed by atoms with Crippen LogP contribution in [0.5, 0.6) is 0 Å². The third kappa shape index (κ3) is 4.32. The predicted octanol–water partition coefficient (Wildman–Crippen LogP) is 5.90. The van der Waals surface area contributed by atoms with E-state index in [1.54, 1.807) is 0 Å². The molecular weight excluding hydrogens is 353 g/mol. The highest BCUT2D eigenvalue weighted by molar-refractivity contribution is 6.31. The second-order valence-electron chi connectivity index (χ2n) is 5.39. The minimum Gasteiger partial charge on any atom is -0.388 e. The summed E-state index contributed by atoms with van der Waals surface area (Å²) in [6.07, 6.45) is 0. The van der Waals surface area contributed by atoms with Crippen molar-refractivity contribution < 1.29 is 0 Å². The summed E-state index contributed by atoms with van der Waals surface area (Å²) < 4.78 is 0. The van der Waals surface area contributed by atoms with E-state index in [9.17, 15) is 0 Å². The first-order valence-electron chi connectivity index (χ1n) is 7.80. The van der Waals surface area contributed by atoms with Gasteiger partial charge in [-0.2, -0.15) is 5.10 Å². The highest BCUT2D eigenvalue weighted by Gasteiger charge is 2.12. The molecule has 3 aromatic rings. The monoisotopic (exact) mass is 369 g/mol. The Balaban J connectivity index is 2.06. The Bertz CT molecular complexity index is 875. The lowest BCUT2D eigenvalue weighted by Gasteiger charge is -2.13. The molecule has 3 aromatic carbocycles. The van der Waals surface area contributed by atoms with Crippen molar-refractivity contribution in [2.75, 3.05) is 17.8 Å². The SMILES string of the molecule is CNc1ccc(Cl)cc1/C(=N/Nc1ccc(Cl)cc1)c1ccccc1. The Labute approximate surface area is 157 Å². The second-order valence-corrected chi connectivity index (χ2v) is 6.26. The number of benzene rings is 3. The quantitative estimate of drug-likeness (QED) is 0.433. The van der Waals surface area contributed by atoms with Crippen LogP contribution in [0.2, 0.25) is 10.0 Å². The molecule has 5 heteroatoms. The van der Waals surface area contributed by atoms with E-state index in [0.29, 0.717) is 10.0 Å². The Morgan fingerprint density at radius 1 is 0.840 bits per heavy atom. The zero-order chi connectivity index (χ0) is 17.6. The first-order chi connectivity index (χ1) is 12.2. The summed E-state index contributed by atoms with van der Waals surface area (Å²) in [6.45, 7) is 0. The number of hydrazone groups is 1. The maximum absolute atomic E-state index is 6.22. The van der Waals surface area contributed by atoms with Crippen molar-refractivity contribution in [3.8, 4) is 0 Å². The molecule has 0 amide bonds. The van der Waals surface area contributed by atoms with Gasteiger partial charge in [-0.3, -0.25) is 5.43 Å². The Kier molecular flexibility index (Phi) is 5.59. The number of rotatable bonds is 5. The maximum atomic E-state index is 6.22. The predicted molar refractivity (Wildman–Crippen MR) is 108 cm³/mol. The fourth-order valence-corrected chi connectivity index (χ4v) is 2.75. The normalized spacial score (nSPS) is 11.2. The third-order valence-corrected chi connectivity index (χ3v) is 4.18. The molecule has 0 aliphatic carbocycles. The third-order valence-electron chi connectivity index (χ3n) is 3.69. The minimum absolute atomic E-state index is 0.657. The van der Waals surface area contributed by atoms with Crippen molar-refractivity contribution in [1.82, 2.24) is 0 Å². The molecule has 0 bridgehead atoms. The number of hydrogen-bond donors (Lipinski definition) is 2. The van der Waals surface area contributed by atoms with E-state index in [1.807, 2.05) is 79.8 Å². The van der Waals surface area contributed by atoms with E-state index in [1.165, 1.54) is 0 Å². The van der Waals surface area contributed by atoms with Gasteiger partial charge in [0.15, 0.2) is 0 Å². The van der Waals surface area contributed by atoms with E-state index >= 15 is 0 Å². The molecule has 3 rings (SSSR count). The highest BCUT2D eigenvalue weighted by Crippen LogP contribution is 2.24. The average Bonchev–Trinajstić information content (AvgIpc) is 2.64. The van der Waals surface area contributed by atoms with Gasteiger partial charge in [0.05, 0.1) is 11.4 Å². The number of halogens is 2. The molecule has 0 atom stereocenters. The number of anilines is 2. The van der Waals surface area contributed by atoms with Crippen molar-refractivity contribution >= 4 is 40.3 Å². The van der Waals surface area contributed by atoms with Crippen LogP contribution in [0.3, 0.4) is 0 Å². The fraction of sp³-hybridized carbons (Fsp3) is 0.0500. The van der Waals surface area contributed by atoms with Gasteiger partial charge in [0, 0.05) is 33.9 Å². The standard InChI is InChI=1S/C20H17Cl2N3/c1-23-19-12-9-16(22)13-18(19)20(14-5-3-2-4-6-14)25-24-17-10-7-15(21)8-11-17/h2-13,23-24H,1H3/b25-20+. The largest absolute Gasteiger partial charge is 0.388 e. The molecular formula is C20H17Cl2N3. The van der Waals surface area contributed by atoms with Crippen molar-refractivity contribution in [3.05, 3.63) is 94.0 Å². The summed E-state index contributed by atoms with van der Waals surface area (Å²) in [5.74, 6) is 0. The van der Waals surface area contributed by atoms with E-state index in [0.717, 1.165) is 28.2 Å². The smallest absolute Gasteiger partial charge is 0.0999 e. The number of hydrogen-bond acceptors (Lipinski definition) is 3. The van der Waals surface area contributed by atoms with Crippen LogP contribution in [0.1, 0.15) is 11.1 Å². The van der Waals surface area contributed by atoms with Crippen molar-refractivity contribution in [2.45, 2.75) is 0 Å². The van der Waals surface area contributed by atoms with E-state index in [2.05, 4.69) is 15.8 Å². The van der Waals surface area contributed by atoms with Crippen LogP contribution in [0.4, 0.5) is 11.4 Å². The minimum atomic E-state index is 0.657. The van der Waals surface area contributed by atoms with E-state index in [-0.39, 0.29) is 0 Å². The lowest BCUT2D eigenvalue weighted by atomic mass is 10.0. The number of nitrogens with zero attached hydrogens (tertiary/aromatic N) is 1. The van der Waals surface area contributed by atoms with Crippen LogP contribution in [0.25, 0.3) is 0 Å². The fourth-order valence-electron chi connectivity index (χ4n) is 2.45. The average molecular weight is 370 g/mol. The zero-order valence-electron chi connectivity index (χ0n) is 13.6. The lowest BCUT2D eigenvalue weighted by Crippen LogP contribution is -2.09. The number of nitrogens with one attached hydrogen (secondary N) is 2. The molecule has 0 saturated carbocycles. The van der Waals surface area contributed by atoms with Crippen LogP contribution in [-0.2, 0) is 0 Å². The van der Waals surface area contributed by atoms with E-state index < -0.39 is 0 Å². The molecule has 0 aliphatic rings. The summed E-state index contributed by atoms with van der Waals surface area (Å²) in [5.41, 5.74) is 7.60. The molecule has 126 valence electrons. The van der Waals surface area contributed by atoms with Gasteiger partial charge in [0.1, 0.15) is 0 Å². The van der Waals surface area contributed by atoms with Crippen molar-refractivity contribution in [1.29, 1.82) is 0 Å². The summed E-state index contributed by atoms with van der Waals surface area (Å²) >= 11 is 12.2. The first-order valence-corrected chi connectivity index (χ1v) is 8.55. The van der Waals surface area contributed by atoms with Gasteiger partial charge in [0.2, 0.25) is 0 Å². The van der Waals surface area contributed by atoms with Crippen LogP contribution in [0.15, 0.2) is 77.9 Å². The van der Waals surface area contributed by atoms with Crippen LogP contribution in [0, 0.1) is 0 Å². The first kappa shape index (κ1) is 17.3. The zero-order valence-corrected chi connectivity index (χ0v) is 15.1. The molecule has 0 radical (unpaired) electrons. The summed E-state index contributed by atoms with van der Waals surface area (Å²) in [4.78, 5) is 0. The maximum Gasteiger partial charge on any atom is 0.0999 e. The topological polar surface area (TPSA) is 36.4 Å². The molecule has 0 unspecified atom stereocenters. The molecule has 2 N–H and O–H groups in total. The highest BCUT2D eigenvalue weighted by atomic mass is 35.5. The van der Waals surface area contributed by atoms with Crippen LogP contribution >= 0.6 is 23.2 Å². The van der Waals surface area contributed by atoms with Gasteiger partial charge < -0.3 is 5.32 Å². The molecule has 0 aromatic heterocycles. The molecule has 3 nitrogen and oxygen atoms in total. The molecule has 0 heterocycles. The second kappa shape index (κ2) is 8.06. The molecule has 0 saturated heterocycles. The molecule has 0 aliphatic heterocycles. The summed E-state index contributed by atoms with van der Waals surface area (Å²) in [6, 6.07) is 23.1. The molecule has 0 spiro atoms. The van der Waals surface area contributed by atoms with Gasteiger partial charge in [-0.15, -0.1) is 0 Å². The van der Waals surface area contributed by atoms with Crippen molar-refractivity contribution in [2.24, 2.45) is 5.10 Å². The summed E-state index contributed by atoms with van der Waals surface area (Å²) in [7, 11) is 1.88. The van der Waals surface area contributed by atoms with Gasteiger partial charge >= 0.3 is 0 Å². The Morgan fingerprint density at radius 3 is 2.20 bits per heavy atom. The van der Waals surface area contributed by atoms with Crippen LogP contribution < -0.4 is 10.7 Å². The van der Waals surface area contributed by atoms with Gasteiger partial charge in [0.25, 0.3) is 0 Å². The van der Waals surface area contributed by atoms with Crippen molar-refractivity contribution in [3.63, 3.8) is 0 Å². The van der Waals surface area contributed by atoms with Gasteiger partial charge in [-0.05, 0) is 42.5 Å². The van der Waals surface area contributed by atoms with Crippen LogP contribution in [-0.4, -0.2) is 12.8 Å². The Hall–Kier alpha value is -2.49.